The molecule has 1 saturated carbocycles. The predicted octanol–water partition coefficient (Wildman–Crippen LogP) is 4.71. The first kappa shape index (κ1) is 21.2. The summed E-state index contributed by atoms with van der Waals surface area (Å²) >= 11 is 0. The van der Waals surface area contributed by atoms with E-state index in [0.29, 0.717) is 6.10 Å². The highest BCUT2D eigenvalue weighted by molar-refractivity contribution is 5.62. The topological polar surface area (TPSA) is 44.4 Å². The van der Waals surface area contributed by atoms with Gasteiger partial charge in [-0.25, -0.2) is 0 Å². The summed E-state index contributed by atoms with van der Waals surface area (Å²) in [6, 6.07) is 11.5. The van der Waals surface area contributed by atoms with Gasteiger partial charge in [-0.2, -0.15) is 5.10 Å². The Morgan fingerprint density at radius 1 is 0.968 bits per heavy atom. The Morgan fingerprint density at radius 3 is 2.52 bits per heavy atom. The van der Waals surface area contributed by atoms with E-state index in [-0.39, 0.29) is 0 Å². The summed E-state index contributed by atoms with van der Waals surface area (Å²) < 4.78 is 6.02. The molecule has 1 aliphatic carbocycles. The molecule has 5 rings (SSSR count). The third-order valence-corrected chi connectivity index (χ3v) is 7.67. The van der Waals surface area contributed by atoms with Crippen LogP contribution in [0, 0.1) is 5.92 Å². The molecule has 1 aromatic carbocycles. The van der Waals surface area contributed by atoms with Gasteiger partial charge in [0.05, 0.1) is 18.0 Å². The molecule has 2 aliphatic heterocycles. The summed E-state index contributed by atoms with van der Waals surface area (Å²) in [4.78, 5) is 5.45. The molecule has 1 unspecified atom stereocenters. The number of H-pyrrole nitrogens is 1. The summed E-state index contributed by atoms with van der Waals surface area (Å²) in [5.74, 6) is 0.797. The molecular formula is C26H38N4O. The molecule has 3 aliphatic rings. The van der Waals surface area contributed by atoms with Crippen molar-refractivity contribution in [1.82, 2.24) is 20.0 Å². The normalized spacial score (nSPS) is 23.8. The molecule has 0 bridgehead atoms. The average Bonchev–Trinajstić information content (AvgIpc) is 3.58. The van der Waals surface area contributed by atoms with Crippen molar-refractivity contribution in [3.8, 4) is 11.3 Å². The first-order valence-corrected chi connectivity index (χ1v) is 12.5. The van der Waals surface area contributed by atoms with E-state index in [2.05, 4.69) is 50.3 Å². The van der Waals surface area contributed by atoms with Crippen LogP contribution in [-0.4, -0.2) is 64.9 Å². The fraction of sp³-hybridized carbons (Fsp3) is 0.654. The van der Waals surface area contributed by atoms with Crippen molar-refractivity contribution in [2.45, 2.75) is 70.1 Å². The van der Waals surface area contributed by atoms with E-state index in [1.807, 2.05) is 6.20 Å². The van der Waals surface area contributed by atoms with Crippen molar-refractivity contribution in [3.05, 3.63) is 42.1 Å². The Labute approximate surface area is 187 Å². The number of piperidine rings is 1. The van der Waals surface area contributed by atoms with Gasteiger partial charge in [-0.1, -0.05) is 43.2 Å². The van der Waals surface area contributed by atoms with Crippen LogP contribution in [0.15, 0.2) is 36.5 Å². The molecule has 2 aromatic rings. The van der Waals surface area contributed by atoms with Crippen LogP contribution in [0.1, 0.15) is 56.9 Å². The molecule has 1 aromatic heterocycles. The van der Waals surface area contributed by atoms with Crippen LogP contribution in [0.25, 0.3) is 11.3 Å². The largest absolute Gasteiger partial charge is 0.377 e. The van der Waals surface area contributed by atoms with Crippen LogP contribution in [-0.2, 0) is 11.3 Å². The van der Waals surface area contributed by atoms with E-state index in [1.165, 1.54) is 82.1 Å². The van der Waals surface area contributed by atoms with Crippen LogP contribution in [0.4, 0.5) is 0 Å². The summed E-state index contributed by atoms with van der Waals surface area (Å²) in [7, 11) is 0. The van der Waals surface area contributed by atoms with E-state index in [4.69, 9.17) is 4.74 Å². The van der Waals surface area contributed by atoms with Gasteiger partial charge in [0.25, 0.3) is 0 Å². The molecule has 168 valence electrons. The number of nitrogens with one attached hydrogen (secondary N) is 1. The maximum atomic E-state index is 6.02. The number of hydrogen-bond acceptors (Lipinski definition) is 4. The number of aromatic nitrogens is 2. The highest BCUT2D eigenvalue weighted by Crippen LogP contribution is 2.29. The first-order valence-electron chi connectivity index (χ1n) is 12.5. The number of aromatic amines is 1. The Morgan fingerprint density at radius 2 is 1.77 bits per heavy atom. The van der Waals surface area contributed by atoms with Crippen LogP contribution < -0.4 is 0 Å². The second-order valence-electron chi connectivity index (χ2n) is 9.88. The summed E-state index contributed by atoms with van der Waals surface area (Å²) in [5, 5.41) is 7.64. The predicted molar refractivity (Wildman–Crippen MR) is 125 cm³/mol. The van der Waals surface area contributed by atoms with Crippen molar-refractivity contribution in [3.63, 3.8) is 0 Å². The molecule has 2 saturated heterocycles. The second-order valence-corrected chi connectivity index (χ2v) is 9.88. The zero-order chi connectivity index (χ0) is 20.9. The van der Waals surface area contributed by atoms with Gasteiger partial charge in [0, 0.05) is 37.8 Å². The molecule has 0 amide bonds. The minimum atomic E-state index is 0.394. The fourth-order valence-electron chi connectivity index (χ4n) is 5.94. The molecule has 3 heterocycles. The molecule has 5 nitrogen and oxygen atoms in total. The Balaban J connectivity index is 1.23. The Bertz CT molecular complexity index is 787. The third-order valence-electron chi connectivity index (χ3n) is 7.67. The van der Waals surface area contributed by atoms with Crippen LogP contribution >= 0.6 is 0 Å². The van der Waals surface area contributed by atoms with Crippen LogP contribution in [0.5, 0.6) is 0 Å². The fourth-order valence-corrected chi connectivity index (χ4v) is 5.94. The van der Waals surface area contributed by atoms with Crippen LogP contribution in [0.3, 0.4) is 0 Å². The van der Waals surface area contributed by atoms with Gasteiger partial charge in [-0.05, 0) is 63.1 Å². The van der Waals surface area contributed by atoms with Gasteiger partial charge in [0.2, 0.25) is 0 Å². The van der Waals surface area contributed by atoms with Gasteiger partial charge in [-0.15, -0.1) is 0 Å². The van der Waals surface area contributed by atoms with E-state index in [1.54, 1.807) is 0 Å². The van der Waals surface area contributed by atoms with E-state index >= 15 is 0 Å². The van der Waals surface area contributed by atoms with Crippen molar-refractivity contribution in [2.24, 2.45) is 5.92 Å². The highest BCUT2D eigenvalue weighted by atomic mass is 16.5. The smallest absolute Gasteiger partial charge is 0.0702 e. The number of hydrogen-bond donors (Lipinski definition) is 1. The molecule has 3 fully saturated rings. The molecule has 5 heteroatoms. The number of likely N-dealkylation sites (tertiary alicyclic amines) is 1. The zero-order valence-electron chi connectivity index (χ0n) is 18.8. The highest BCUT2D eigenvalue weighted by Gasteiger charge is 2.29. The number of rotatable bonds is 8. The quantitative estimate of drug-likeness (QED) is 0.669. The van der Waals surface area contributed by atoms with Crippen molar-refractivity contribution < 1.29 is 4.74 Å². The lowest BCUT2D eigenvalue weighted by atomic mass is 9.94. The van der Waals surface area contributed by atoms with Gasteiger partial charge < -0.3 is 9.64 Å². The van der Waals surface area contributed by atoms with Crippen molar-refractivity contribution in [1.29, 1.82) is 0 Å². The number of nitrogens with zero attached hydrogens (tertiary/aromatic N) is 3. The second kappa shape index (κ2) is 10.3. The number of ether oxygens (including phenoxy) is 1. The minimum Gasteiger partial charge on any atom is -0.377 e. The van der Waals surface area contributed by atoms with E-state index < -0.39 is 0 Å². The maximum Gasteiger partial charge on any atom is 0.0702 e. The SMILES string of the molecule is c1ccc(-c2[nH]ncc2CN(CC2CCN(C3CCCC3)CC2)CC2CCCO2)cc1. The Kier molecular flexibility index (Phi) is 7.02. The maximum absolute atomic E-state index is 6.02. The Hall–Kier alpha value is -1.69. The lowest BCUT2D eigenvalue weighted by molar-refractivity contribution is 0.0540. The number of benzene rings is 1. The van der Waals surface area contributed by atoms with Gasteiger partial charge >= 0.3 is 0 Å². The molecule has 1 atom stereocenters. The van der Waals surface area contributed by atoms with E-state index in [0.717, 1.165) is 37.4 Å². The standard InChI is InChI=1S/C26H38N4O/c1-2-7-22(8-3-1)26-23(17-27-28-26)19-29(20-25-11-6-16-31-25)18-21-12-14-30(15-13-21)24-9-4-5-10-24/h1-3,7-8,17,21,24-25H,4-6,9-16,18-20H2,(H,27,28). The molecule has 0 radical (unpaired) electrons. The molecule has 0 spiro atoms. The van der Waals surface area contributed by atoms with Crippen molar-refractivity contribution in [2.75, 3.05) is 32.8 Å². The monoisotopic (exact) mass is 422 g/mol. The average molecular weight is 423 g/mol. The van der Waals surface area contributed by atoms with Gasteiger partial charge in [0.1, 0.15) is 0 Å². The molecular weight excluding hydrogens is 384 g/mol. The molecule has 1 N–H and O–H groups in total. The summed E-state index contributed by atoms with van der Waals surface area (Å²) in [6.45, 7) is 6.69. The van der Waals surface area contributed by atoms with E-state index in [9.17, 15) is 0 Å². The molecule has 31 heavy (non-hydrogen) atoms. The minimum absolute atomic E-state index is 0.394. The zero-order valence-corrected chi connectivity index (χ0v) is 18.8. The van der Waals surface area contributed by atoms with Gasteiger partial charge in [-0.3, -0.25) is 10.00 Å². The lowest BCUT2D eigenvalue weighted by Gasteiger charge is -2.38. The van der Waals surface area contributed by atoms with Gasteiger partial charge in [0.15, 0.2) is 0 Å². The first-order chi connectivity index (χ1) is 15.3. The lowest BCUT2D eigenvalue weighted by Crippen LogP contribution is -2.43. The third kappa shape index (κ3) is 5.39. The van der Waals surface area contributed by atoms with Crippen LogP contribution in [0.2, 0.25) is 0 Å². The summed E-state index contributed by atoms with van der Waals surface area (Å²) in [6.07, 6.45) is 13.2. The van der Waals surface area contributed by atoms with Crippen molar-refractivity contribution >= 4 is 0 Å². The summed E-state index contributed by atoms with van der Waals surface area (Å²) in [5.41, 5.74) is 3.68.